The van der Waals surface area contributed by atoms with E-state index in [0.717, 1.165) is 0 Å². The zero-order valence-corrected chi connectivity index (χ0v) is 19.3. The third-order valence-corrected chi connectivity index (χ3v) is 3.77. The number of fused-ring (bicyclic) bond motifs is 1. The van der Waals surface area contributed by atoms with Crippen LogP contribution in [-0.2, 0) is 46.3 Å². The van der Waals surface area contributed by atoms with E-state index in [1.807, 2.05) is 13.8 Å². The summed E-state index contributed by atoms with van der Waals surface area (Å²) in [5, 5.41) is 14.5. The number of aryl methyl sites for hydroxylation is 2. The summed E-state index contributed by atoms with van der Waals surface area (Å²) in [4.78, 5) is 12.7. The Bertz CT molecular complexity index is 994. The van der Waals surface area contributed by atoms with Gasteiger partial charge in [0.25, 0.3) is 5.56 Å². The molecule has 0 fully saturated rings. The van der Waals surface area contributed by atoms with Gasteiger partial charge in [0.15, 0.2) is 5.65 Å². The molecule has 0 bridgehead atoms. The molecular formula is C19H23F3N3O2Y-. The van der Waals surface area contributed by atoms with Crippen molar-refractivity contribution in [3.63, 3.8) is 0 Å². The van der Waals surface area contributed by atoms with Crippen LogP contribution in [0, 0.1) is 14.4 Å². The number of rotatable bonds is 2. The molecule has 2 heterocycles. The molecule has 0 amide bonds. The molecule has 28 heavy (non-hydrogen) atoms. The zero-order chi connectivity index (χ0) is 19.6. The van der Waals surface area contributed by atoms with Gasteiger partial charge in [-0.15, -0.1) is 0 Å². The van der Waals surface area contributed by atoms with Crippen molar-refractivity contribution in [1.29, 1.82) is 0 Å². The van der Waals surface area contributed by atoms with Crippen molar-refractivity contribution < 1.29 is 51.0 Å². The van der Waals surface area contributed by atoms with Crippen LogP contribution in [0.2, 0.25) is 0 Å². The van der Waals surface area contributed by atoms with E-state index < -0.39 is 18.3 Å². The number of nitrogens with zero attached hydrogens (tertiary/aromatic N) is 3. The minimum Gasteiger partial charge on any atom is -0.506 e. The van der Waals surface area contributed by atoms with Gasteiger partial charge in [0.2, 0.25) is 0 Å². The molecule has 0 aliphatic carbocycles. The summed E-state index contributed by atoms with van der Waals surface area (Å²) in [7, 11) is 1.51. The van der Waals surface area contributed by atoms with Gasteiger partial charge >= 0.3 is 6.18 Å². The number of aromatic hydroxyl groups is 1. The smallest absolute Gasteiger partial charge is 0.406 e. The summed E-state index contributed by atoms with van der Waals surface area (Å²) in [6.45, 7) is 4.24. The van der Waals surface area contributed by atoms with Gasteiger partial charge in [-0.1, -0.05) is 38.1 Å². The van der Waals surface area contributed by atoms with Crippen molar-refractivity contribution in [3.8, 4) is 16.9 Å². The molecule has 1 N–H and O–H groups in total. The van der Waals surface area contributed by atoms with Crippen LogP contribution in [0.3, 0.4) is 0 Å². The fourth-order valence-corrected chi connectivity index (χ4v) is 2.73. The molecule has 5 nitrogen and oxygen atoms in total. The molecule has 3 aromatic rings. The number of pyridine rings is 1. The van der Waals surface area contributed by atoms with Crippen LogP contribution in [0.4, 0.5) is 13.2 Å². The summed E-state index contributed by atoms with van der Waals surface area (Å²) >= 11 is 0. The Hall–Kier alpha value is -1.67. The average Bonchev–Trinajstić information content (AvgIpc) is 2.96. The van der Waals surface area contributed by atoms with Crippen LogP contribution in [-0.4, -0.2) is 25.6 Å². The summed E-state index contributed by atoms with van der Waals surface area (Å²) in [6, 6.07) is 6.71. The average molecular weight is 471 g/mol. The van der Waals surface area contributed by atoms with Crippen molar-refractivity contribution in [2.24, 2.45) is 7.05 Å². The van der Waals surface area contributed by atoms with E-state index >= 15 is 0 Å². The van der Waals surface area contributed by atoms with Crippen LogP contribution < -0.4 is 5.56 Å². The molecule has 0 atom stereocenters. The molecule has 0 unspecified atom stereocenters. The van der Waals surface area contributed by atoms with E-state index in [9.17, 15) is 23.1 Å². The van der Waals surface area contributed by atoms with Gasteiger partial charge in [0, 0.05) is 46.0 Å². The Morgan fingerprint density at radius 3 is 2.29 bits per heavy atom. The third-order valence-electron chi connectivity index (χ3n) is 3.77. The Balaban J connectivity index is 0.00000177. The molecular weight excluding hydrogens is 448 g/mol. The summed E-state index contributed by atoms with van der Waals surface area (Å²) in [5.41, 5.74) is -0.216. The Labute approximate surface area is 187 Å². The first kappa shape index (κ1) is 26.3. The fourth-order valence-electron chi connectivity index (χ4n) is 2.73. The second-order valence-corrected chi connectivity index (χ2v) is 5.59. The van der Waals surface area contributed by atoms with Crippen LogP contribution in [0.1, 0.15) is 19.4 Å². The summed E-state index contributed by atoms with van der Waals surface area (Å²) < 4.78 is 40.6. The second kappa shape index (κ2) is 10.2. The first-order chi connectivity index (χ1) is 12.2. The van der Waals surface area contributed by atoms with Gasteiger partial charge in [-0.3, -0.25) is 14.0 Å². The SMILES string of the molecule is CC.Cc1ccccc1-c1c(O)c2cn(C)nc2n(CC(F)(F)F)c1=O.[CH3-].[Y]. The first-order valence-corrected chi connectivity index (χ1v) is 8.11. The molecule has 0 saturated heterocycles. The van der Waals surface area contributed by atoms with Gasteiger partial charge < -0.3 is 12.5 Å². The van der Waals surface area contributed by atoms with Gasteiger partial charge in [-0.2, -0.15) is 18.3 Å². The molecule has 3 rings (SSSR count). The molecule has 0 aliphatic rings. The molecule has 0 spiro atoms. The second-order valence-electron chi connectivity index (χ2n) is 5.59. The molecule has 0 saturated carbocycles. The first-order valence-electron chi connectivity index (χ1n) is 8.11. The predicted octanol–water partition coefficient (Wildman–Crippen LogP) is 4.45. The predicted molar refractivity (Wildman–Crippen MR) is 101 cm³/mol. The minimum absolute atomic E-state index is 0. The van der Waals surface area contributed by atoms with E-state index in [2.05, 4.69) is 5.10 Å². The monoisotopic (exact) mass is 471 g/mol. The maximum absolute atomic E-state index is 12.9. The van der Waals surface area contributed by atoms with Gasteiger partial charge in [0.1, 0.15) is 12.3 Å². The maximum atomic E-state index is 12.9. The number of hydrogen-bond donors (Lipinski definition) is 1. The zero-order valence-electron chi connectivity index (χ0n) is 16.5. The molecule has 9 heteroatoms. The standard InChI is InChI=1S/C16H14F3N3O2.C2H6.CH3.Y/c1-9-5-3-4-6-10(9)12-13(23)11-7-21(2)20-14(11)22(15(12)24)8-16(17,18)19;1-2;;/h3-7,23H,8H2,1-2H3;1-2H3;1H3;/q;;-1;. The normalized spacial score (nSPS) is 10.5. The van der Waals surface area contributed by atoms with Crippen molar-refractivity contribution in [2.75, 3.05) is 0 Å². The van der Waals surface area contributed by atoms with Crippen LogP contribution >= 0.6 is 0 Å². The van der Waals surface area contributed by atoms with Crippen LogP contribution in [0.25, 0.3) is 22.2 Å². The van der Waals surface area contributed by atoms with Crippen molar-refractivity contribution in [2.45, 2.75) is 33.5 Å². The Morgan fingerprint density at radius 2 is 1.75 bits per heavy atom. The number of aromatic nitrogens is 3. The molecule has 1 radical (unpaired) electrons. The molecule has 2 aromatic heterocycles. The maximum Gasteiger partial charge on any atom is 0.406 e. The number of halogens is 3. The Morgan fingerprint density at radius 1 is 1.18 bits per heavy atom. The topological polar surface area (TPSA) is 60.0 Å². The van der Waals surface area contributed by atoms with Gasteiger partial charge in [-0.25, -0.2) is 0 Å². The molecule has 1 aromatic carbocycles. The number of hydrogen-bond acceptors (Lipinski definition) is 3. The minimum atomic E-state index is -4.59. The summed E-state index contributed by atoms with van der Waals surface area (Å²) in [6.07, 6.45) is -3.20. The quantitative estimate of drug-likeness (QED) is 0.562. The van der Waals surface area contributed by atoms with E-state index in [1.54, 1.807) is 31.2 Å². The van der Waals surface area contributed by atoms with Crippen LogP contribution in [0.5, 0.6) is 5.75 Å². The number of alkyl halides is 3. The van der Waals surface area contributed by atoms with Crippen molar-refractivity contribution in [1.82, 2.24) is 14.3 Å². The summed E-state index contributed by atoms with van der Waals surface area (Å²) in [5.74, 6) is -0.365. The van der Waals surface area contributed by atoms with Crippen molar-refractivity contribution >= 4 is 11.0 Å². The Kier molecular flexibility index (Phi) is 9.60. The number of benzene rings is 1. The molecule has 0 aliphatic heterocycles. The van der Waals surface area contributed by atoms with E-state index in [1.165, 1.54) is 17.9 Å². The van der Waals surface area contributed by atoms with Gasteiger partial charge in [0.05, 0.1) is 10.9 Å². The van der Waals surface area contributed by atoms with Crippen molar-refractivity contribution in [3.05, 3.63) is 53.8 Å². The van der Waals surface area contributed by atoms with E-state index in [-0.39, 0.29) is 62.5 Å². The van der Waals surface area contributed by atoms with E-state index in [0.29, 0.717) is 15.7 Å². The molecule has 151 valence electrons. The largest absolute Gasteiger partial charge is 0.506 e. The van der Waals surface area contributed by atoms with Gasteiger partial charge in [-0.05, 0) is 18.1 Å². The van der Waals surface area contributed by atoms with Crippen LogP contribution in [0.15, 0.2) is 35.3 Å². The fraction of sp³-hybridized carbons (Fsp3) is 0.316. The van der Waals surface area contributed by atoms with E-state index in [4.69, 9.17) is 0 Å². The third kappa shape index (κ3) is 5.23.